The van der Waals surface area contributed by atoms with E-state index in [1.807, 2.05) is 4.90 Å². The SMILES string of the molecule is CCCN(CCO)C(=O)C1CCCCC1. The Bertz CT molecular complexity index is 182. The lowest BCUT2D eigenvalue weighted by Gasteiger charge is -2.28. The molecule has 1 amide bonds. The molecule has 0 unspecified atom stereocenters. The molecule has 1 aliphatic carbocycles. The van der Waals surface area contributed by atoms with Crippen LogP contribution in [0.4, 0.5) is 0 Å². The molecule has 88 valence electrons. The number of carbonyl (C=O) groups excluding carboxylic acids is 1. The molecule has 3 nitrogen and oxygen atoms in total. The van der Waals surface area contributed by atoms with Gasteiger partial charge in [0.15, 0.2) is 0 Å². The first-order chi connectivity index (χ1) is 7.29. The second kappa shape index (κ2) is 6.83. The van der Waals surface area contributed by atoms with Crippen LogP contribution in [0.5, 0.6) is 0 Å². The molecule has 1 aliphatic rings. The molecular formula is C12H23NO2. The van der Waals surface area contributed by atoms with Crippen LogP contribution in [0.1, 0.15) is 45.4 Å². The fraction of sp³-hybridized carbons (Fsp3) is 0.917. The molecule has 0 aromatic rings. The lowest BCUT2D eigenvalue weighted by molar-refractivity contribution is -0.137. The summed E-state index contributed by atoms with van der Waals surface area (Å²) >= 11 is 0. The van der Waals surface area contributed by atoms with Gasteiger partial charge < -0.3 is 10.0 Å². The van der Waals surface area contributed by atoms with Gasteiger partial charge in [-0.15, -0.1) is 0 Å². The smallest absolute Gasteiger partial charge is 0.225 e. The van der Waals surface area contributed by atoms with E-state index in [0.29, 0.717) is 6.54 Å². The molecular weight excluding hydrogens is 190 g/mol. The van der Waals surface area contributed by atoms with Gasteiger partial charge in [0, 0.05) is 19.0 Å². The summed E-state index contributed by atoms with van der Waals surface area (Å²) in [4.78, 5) is 13.9. The third-order valence-electron chi connectivity index (χ3n) is 3.13. The first kappa shape index (κ1) is 12.5. The zero-order chi connectivity index (χ0) is 11.1. The Morgan fingerprint density at radius 1 is 1.27 bits per heavy atom. The number of amides is 1. The van der Waals surface area contributed by atoms with E-state index in [1.165, 1.54) is 19.3 Å². The minimum absolute atomic E-state index is 0.0818. The summed E-state index contributed by atoms with van der Waals surface area (Å²) in [5.41, 5.74) is 0. The first-order valence-electron chi connectivity index (χ1n) is 6.19. The molecule has 0 bridgehead atoms. The highest BCUT2D eigenvalue weighted by Gasteiger charge is 2.24. The summed E-state index contributed by atoms with van der Waals surface area (Å²) in [6, 6.07) is 0. The molecule has 0 aliphatic heterocycles. The van der Waals surface area contributed by atoms with Gasteiger partial charge in [0.1, 0.15) is 0 Å². The van der Waals surface area contributed by atoms with Gasteiger partial charge in [-0.25, -0.2) is 0 Å². The standard InChI is InChI=1S/C12H23NO2/c1-2-8-13(9-10-14)12(15)11-6-4-3-5-7-11/h11,14H,2-10H2,1H3. The molecule has 0 saturated heterocycles. The fourth-order valence-electron chi connectivity index (χ4n) is 2.33. The Balaban J connectivity index is 2.45. The molecule has 0 radical (unpaired) electrons. The van der Waals surface area contributed by atoms with Crippen molar-refractivity contribution < 1.29 is 9.90 Å². The third-order valence-corrected chi connectivity index (χ3v) is 3.13. The molecule has 0 heterocycles. The predicted molar refractivity (Wildman–Crippen MR) is 60.5 cm³/mol. The van der Waals surface area contributed by atoms with Gasteiger partial charge >= 0.3 is 0 Å². The number of carbonyl (C=O) groups is 1. The molecule has 1 saturated carbocycles. The minimum atomic E-state index is 0.0818. The highest BCUT2D eigenvalue weighted by Crippen LogP contribution is 2.25. The number of aliphatic hydroxyl groups is 1. The highest BCUT2D eigenvalue weighted by molar-refractivity contribution is 5.78. The predicted octanol–water partition coefficient (Wildman–Crippen LogP) is 1.80. The van der Waals surface area contributed by atoms with Crippen molar-refractivity contribution in [1.29, 1.82) is 0 Å². The van der Waals surface area contributed by atoms with E-state index in [4.69, 9.17) is 5.11 Å². The van der Waals surface area contributed by atoms with Crippen molar-refractivity contribution in [3.05, 3.63) is 0 Å². The van der Waals surface area contributed by atoms with Gasteiger partial charge in [0.25, 0.3) is 0 Å². The van der Waals surface area contributed by atoms with Gasteiger partial charge in [-0.3, -0.25) is 4.79 Å². The van der Waals surface area contributed by atoms with Crippen LogP contribution in [0, 0.1) is 5.92 Å². The van der Waals surface area contributed by atoms with Crippen LogP contribution in [-0.4, -0.2) is 35.6 Å². The molecule has 0 atom stereocenters. The minimum Gasteiger partial charge on any atom is -0.395 e. The van der Waals surface area contributed by atoms with Crippen molar-refractivity contribution >= 4 is 5.91 Å². The van der Waals surface area contributed by atoms with Gasteiger partial charge in [-0.2, -0.15) is 0 Å². The maximum atomic E-state index is 12.1. The quantitative estimate of drug-likeness (QED) is 0.756. The summed E-state index contributed by atoms with van der Waals surface area (Å²) < 4.78 is 0. The van der Waals surface area contributed by atoms with Crippen molar-refractivity contribution in [2.45, 2.75) is 45.4 Å². The summed E-state index contributed by atoms with van der Waals surface area (Å²) in [5.74, 6) is 0.502. The molecule has 0 aromatic heterocycles. The first-order valence-corrected chi connectivity index (χ1v) is 6.19. The Morgan fingerprint density at radius 3 is 2.47 bits per heavy atom. The van der Waals surface area contributed by atoms with Crippen molar-refractivity contribution in [2.75, 3.05) is 19.7 Å². The molecule has 1 N–H and O–H groups in total. The van der Waals surface area contributed by atoms with E-state index in [1.54, 1.807) is 0 Å². The van der Waals surface area contributed by atoms with E-state index in [-0.39, 0.29) is 18.4 Å². The molecule has 0 spiro atoms. The van der Waals surface area contributed by atoms with Crippen LogP contribution in [0.25, 0.3) is 0 Å². The Labute approximate surface area is 92.5 Å². The summed E-state index contributed by atoms with van der Waals surface area (Å²) in [6.07, 6.45) is 6.72. The van der Waals surface area contributed by atoms with Crippen LogP contribution in [0.15, 0.2) is 0 Å². The van der Waals surface area contributed by atoms with Gasteiger partial charge in [-0.05, 0) is 19.3 Å². The Hall–Kier alpha value is -0.570. The number of aliphatic hydroxyl groups excluding tert-OH is 1. The zero-order valence-electron chi connectivity index (χ0n) is 9.74. The van der Waals surface area contributed by atoms with Crippen LogP contribution < -0.4 is 0 Å². The monoisotopic (exact) mass is 213 g/mol. The van der Waals surface area contributed by atoms with E-state index in [0.717, 1.165) is 25.8 Å². The van der Waals surface area contributed by atoms with Gasteiger partial charge in [0.05, 0.1) is 6.61 Å². The maximum Gasteiger partial charge on any atom is 0.225 e. The number of hydrogen-bond acceptors (Lipinski definition) is 2. The summed E-state index contributed by atoms with van der Waals surface area (Å²) in [7, 11) is 0. The normalized spacial score (nSPS) is 17.7. The van der Waals surface area contributed by atoms with Crippen LogP contribution in [-0.2, 0) is 4.79 Å². The molecule has 3 heteroatoms. The Kier molecular flexibility index (Phi) is 5.69. The largest absolute Gasteiger partial charge is 0.395 e. The molecule has 1 rings (SSSR count). The third kappa shape index (κ3) is 3.82. The van der Waals surface area contributed by atoms with Crippen LogP contribution in [0.2, 0.25) is 0 Å². The zero-order valence-corrected chi connectivity index (χ0v) is 9.74. The Morgan fingerprint density at radius 2 is 1.93 bits per heavy atom. The fourth-order valence-corrected chi connectivity index (χ4v) is 2.33. The molecule has 0 aromatic carbocycles. The summed E-state index contributed by atoms with van der Waals surface area (Å²) in [6.45, 7) is 3.44. The maximum absolute atomic E-state index is 12.1. The van der Waals surface area contributed by atoms with Crippen molar-refractivity contribution in [2.24, 2.45) is 5.92 Å². The lowest BCUT2D eigenvalue weighted by atomic mass is 9.88. The van der Waals surface area contributed by atoms with Crippen LogP contribution >= 0.6 is 0 Å². The van der Waals surface area contributed by atoms with Crippen molar-refractivity contribution in [3.63, 3.8) is 0 Å². The second-order valence-corrected chi connectivity index (χ2v) is 4.38. The van der Waals surface area contributed by atoms with E-state index in [2.05, 4.69) is 6.92 Å². The van der Waals surface area contributed by atoms with Gasteiger partial charge in [-0.1, -0.05) is 26.2 Å². The number of hydrogen-bond donors (Lipinski definition) is 1. The average molecular weight is 213 g/mol. The molecule has 1 fully saturated rings. The van der Waals surface area contributed by atoms with Crippen molar-refractivity contribution in [3.8, 4) is 0 Å². The van der Waals surface area contributed by atoms with Crippen LogP contribution in [0.3, 0.4) is 0 Å². The van der Waals surface area contributed by atoms with Crippen molar-refractivity contribution in [1.82, 2.24) is 4.90 Å². The second-order valence-electron chi connectivity index (χ2n) is 4.38. The van der Waals surface area contributed by atoms with E-state index in [9.17, 15) is 4.79 Å². The van der Waals surface area contributed by atoms with E-state index < -0.39 is 0 Å². The highest BCUT2D eigenvalue weighted by atomic mass is 16.3. The lowest BCUT2D eigenvalue weighted by Crippen LogP contribution is -2.39. The summed E-state index contributed by atoms with van der Waals surface area (Å²) in [5, 5.41) is 8.92. The van der Waals surface area contributed by atoms with E-state index >= 15 is 0 Å². The van der Waals surface area contributed by atoms with Gasteiger partial charge in [0.2, 0.25) is 5.91 Å². The average Bonchev–Trinajstić information content (AvgIpc) is 2.29. The number of rotatable bonds is 5. The topological polar surface area (TPSA) is 40.5 Å². The molecule has 15 heavy (non-hydrogen) atoms. The number of nitrogens with zero attached hydrogens (tertiary/aromatic N) is 1.